The predicted molar refractivity (Wildman–Crippen MR) is 88.0 cm³/mol. The van der Waals surface area contributed by atoms with E-state index in [1.165, 1.54) is 52.0 Å². The molecule has 0 aromatic rings. The molecule has 0 aromatic heterocycles. The second-order valence-electron chi connectivity index (χ2n) is 4.53. The third-order valence-electron chi connectivity index (χ3n) is 2.66. The van der Waals surface area contributed by atoms with Crippen LogP contribution in [-0.2, 0) is 0 Å². The van der Waals surface area contributed by atoms with Crippen LogP contribution in [0.1, 0.15) is 72.1 Å². The zero-order valence-corrected chi connectivity index (χ0v) is 13.4. The summed E-state index contributed by atoms with van der Waals surface area (Å²) in [6.45, 7) is 13.9. The molecule has 0 spiro atoms. The van der Waals surface area contributed by atoms with Crippen LogP contribution in [0.2, 0.25) is 0 Å². The molecule has 0 aliphatic heterocycles. The van der Waals surface area contributed by atoms with Gasteiger partial charge in [-0.25, -0.2) is 0 Å². The minimum Gasteiger partial charge on any atom is -0.333 e. The van der Waals surface area contributed by atoms with Crippen molar-refractivity contribution >= 4 is 0 Å². The lowest BCUT2D eigenvalue weighted by molar-refractivity contribution is 0.490. The first-order chi connectivity index (χ1) is 8.72. The number of rotatable bonds is 9. The summed E-state index contributed by atoms with van der Waals surface area (Å²) < 4.78 is 0. The Morgan fingerprint density at radius 2 is 1.44 bits per heavy atom. The highest BCUT2D eigenvalue weighted by molar-refractivity contribution is 4.70. The van der Waals surface area contributed by atoms with Crippen LogP contribution in [0, 0.1) is 5.92 Å². The van der Waals surface area contributed by atoms with Gasteiger partial charge in [-0.2, -0.15) is 0 Å². The van der Waals surface area contributed by atoms with Gasteiger partial charge in [0.05, 0.1) is 0 Å². The first-order valence-electron chi connectivity index (χ1n) is 7.52. The van der Waals surface area contributed by atoms with E-state index in [1.54, 1.807) is 0 Å². The highest BCUT2D eigenvalue weighted by atomic mass is 14.4. The summed E-state index contributed by atoms with van der Waals surface area (Å²) in [6.07, 6.45) is 14.6. The van der Waals surface area contributed by atoms with E-state index < -0.39 is 0 Å². The van der Waals surface area contributed by atoms with Gasteiger partial charge in [-0.1, -0.05) is 71.4 Å². The van der Waals surface area contributed by atoms with E-state index >= 15 is 0 Å². The van der Waals surface area contributed by atoms with Crippen molar-refractivity contribution in [1.82, 2.24) is 0 Å². The van der Waals surface area contributed by atoms with Gasteiger partial charge in [0.15, 0.2) is 0 Å². The molecule has 0 amide bonds. The molecule has 0 rings (SSSR count). The number of allylic oxidation sites excluding steroid dienone is 2. The molecule has 1 heteroatoms. The molecular weight excluding hydrogens is 218 g/mol. The summed E-state index contributed by atoms with van der Waals surface area (Å²) in [5, 5.41) is 0. The van der Waals surface area contributed by atoms with Crippen LogP contribution in [0.3, 0.4) is 0 Å². The largest absolute Gasteiger partial charge is 0.333 e. The molecule has 110 valence electrons. The lowest BCUT2D eigenvalue weighted by Gasteiger charge is -2.07. The fourth-order valence-corrected chi connectivity index (χ4v) is 1.50. The zero-order valence-electron chi connectivity index (χ0n) is 13.4. The van der Waals surface area contributed by atoms with E-state index in [0.717, 1.165) is 12.3 Å². The Labute approximate surface area is 117 Å². The second kappa shape index (κ2) is 25.3. The number of unbranched alkanes of at least 4 members (excludes halogenated alkanes) is 4. The highest BCUT2D eigenvalue weighted by Crippen LogP contribution is 2.14. The van der Waals surface area contributed by atoms with Gasteiger partial charge in [0.2, 0.25) is 0 Å². The fourth-order valence-electron chi connectivity index (χ4n) is 1.50. The molecule has 0 saturated heterocycles. The topological polar surface area (TPSA) is 26.0 Å². The van der Waals surface area contributed by atoms with Crippen LogP contribution >= 0.6 is 0 Å². The van der Waals surface area contributed by atoms with Gasteiger partial charge in [0, 0.05) is 0 Å². The van der Waals surface area contributed by atoms with Crippen molar-refractivity contribution in [2.45, 2.75) is 72.1 Å². The maximum atomic E-state index is 4.50. The van der Waals surface area contributed by atoms with Crippen molar-refractivity contribution in [3.05, 3.63) is 25.3 Å². The van der Waals surface area contributed by atoms with Gasteiger partial charge >= 0.3 is 0 Å². The smallest absolute Gasteiger partial charge is 0.0195 e. The molecule has 1 unspecified atom stereocenters. The fraction of sp³-hybridized carbons (Fsp3) is 0.765. The Hall–Kier alpha value is -0.560. The van der Waals surface area contributed by atoms with E-state index in [1.807, 2.05) is 12.2 Å². The number of nitrogens with two attached hydrogens (primary N) is 1. The summed E-state index contributed by atoms with van der Waals surface area (Å²) in [7, 11) is 1.50. The molecular formula is C17H37N. The normalized spacial score (nSPS) is 10.3. The van der Waals surface area contributed by atoms with E-state index in [4.69, 9.17) is 0 Å². The third-order valence-corrected chi connectivity index (χ3v) is 2.66. The molecule has 2 N–H and O–H groups in total. The van der Waals surface area contributed by atoms with Crippen molar-refractivity contribution in [3.8, 4) is 0 Å². The molecule has 1 nitrogen and oxygen atoms in total. The van der Waals surface area contributed by atoms with E-state index in [9.17, 15) is 0 Å². The molecule has 0 aliphatic rings. The van der Waals surface area contributed by atoms with Gasteiger partial charge in [0.1, 0.15) is 0 Å². The molecule has 0 fully saturated rings. The monoisotopic (exact) mass is 255 g/mol. The van der Waals surface area contributed by atoms with Crippen LogP contribution in [0.5, 0.6) is 0 Å². The maximum Gasteiger partial charge on any atom is -0.0195 e. The molecule has 0 aromatic carbocycles. The quantitative estimate of drug-likeness (QED) is 0.414. The van der Waals surface area contributed by atoms with Crippen LogP contribution < -0.4 is 5.73 Å². The third kappa shape index (κ3) is 29.5. The summed E-state index contributed by atoms with van der Waals surface area (Å²) in [5.74, 6) is 0.851. The van der Waals surface area contributed by atoms with Crippen molar-refractivity contribution in [1.29, 1.82) is 0 Å². The summed E-state index contributed by atoms with van der Waals surface area (Å²) in [5.41, 5.74) is 4.50. The molecule has 0 saturated carbocycles. The molecule has 0 radical (unpaired) electrons. The SMILES string of the molecule is C=CCC.C=CCC(C)CCCCCCC.CN. The summed E-state index contributed by atoms with van der Waals surface area (Å²) in [4.78, 5) is 0. The van der Waals surface area contributed by atoms with Gasteiger partial charge in [0.25, 0.3) is 0 Å². The highest BCUT2D eigenvalue weighted by Gasteiger charge is 1.98. The van der Waals surface area contributed by atoms with Crippen LogP contribution in [0.15, 0.2) is 25.3 Å². The van der Waals surface area contributed by atoms with E-state index in [2.05, 4.69) is 39.7 Å². The van der Waals surface area contributed by atoms with Gasteiger partial charge in [-0.05, 0) is 25.8 Å². The first-order valence-corrected chi connectivity index (χ1v) is 7.52. The predicted octanol–water partition coefficient (Wildman–Crippen LogP) is 5.72. The van der Waals surface area contributed by atoms with Crippen molar-refractivity contribution in [3.63, 3.8) is 0 Å². The molecule has 0 heterocycles. The average Bonchev–Trinajstić information content (AvgIpc) is 2.41. The van der Waals surface area contributed by atoms with Gasteiger partial charge in [-0.15, -0.1) is 13.2 Å². The van der Waals surface area contributed by atoms with Crippen LogP contribution in [0.4, 0.5) is 0 Å². The van der Waals surface area contributed by atoms with Crippen molar-refractivity contribution < 1.29 is 0 Å². The van der Waals surface area contributed by atoms with Crippen molar-refractivity contribution in [2.24, 2.45) is 11.7 Å². The van der Waals surface area contributed by atoms with E-state index in [0.29, 0.717) is 0 Å². The van der Waals surface area contributed by atoms with Gasteiger partial charge < -0.3 is 5.73 Å². The van der Waals surface area contributed by atoms with Gasteiger partial charge in [-0.3, -0.25) is 0 Å². The minimum atomic E-state index is 0.851. The Bertz CT molecular complexity index is 141. The average molecular weight is 255 g/mol. The van der Waals surface area contributed by atoms with E-state index in [-0.39, 0.29) is 0 Å². The zero-order chi connectivity index (χ0) is 14.6. The van der Waals surface area contributed by atoms with Crippen molar-refractivity contribution in [2.75, 3.05) is 7.05 Å². The van der Waals surface area contributed by atoms with Crippen LogP contribution in [-0.4, -0.2) is 7.05 Å². The Kier molecular flexibility index (Phi) is 31.8. The number of hydrogen-bond acceptors (Lipinski definition) is 1. The minimum absolute atomic E-state index is 0.851. The lowest BCUT2D eigenvalue weighted by atomic mass is 9.99. The maximum absolute atomic E-state index is 4.50. The first kappa shape index (κ1) is 22.6. The Morgan fingerprint density at radius 1 is 0.944 bits per heavy atom. The molecule has 0 bridgehead atoms. The molecule has 18 heavy (non-hydrogen) atoms. The molecule has 0 aliphatic carbocycles. The molecule has 1 atom stereocenters. The lowest BCUT2D eigenvalue weighted by Crippen LogP contribution is -1.92. The standard InChI is InChI=1S/C12H24.C4H8.CH5N/c1-4-6-7-8-9-11-12(3)10-5-2;1-3-4-2;1-2/h5,12H,2,4,6-11H2,1,3H3;3H,1,4H2,2H3;2H2,1H3. The Balaban J connectivity index is -0.000000317. The second-order valence-corrected chi connectivity index (χ2v) is 4.53. The van der Waals surface area contributed by atoms with Crippen LogP contribution in [0.25, 0.3) is 0 Å². The number of hydrogen-bond donors (Lipinski definition) is 1. The Morgan fingerprint density at radius 3 is 1.83 bits per heavy atom. The summed E-state index contributed by atoms with van der Waals surface area (Å²) >= 11 is 0. The summed E-state index contributed by atoms with van der Waals surface area (Å²) in [6, 6.07) is 0.